The number of hydrogen-bond acceptors (Lipinski definition) is 7. The maximum Gasteiger partial charge on any atom is 0.337 e. The van der Waals surface area contributed by atoms with Gasteiger partial charge in [-0.3, -0.25) is 0 Å². The third-order valence-electron chi connectivity index (χ3n) is 5.53. The second kappa shape index (κ2) is 10.6. The lowest BCUT2D eigenvalue weighted by Crippen LogP contribution is -2.27. The summed E-state index contributed by atoms with van der Waals surface area (Å²) in [5, 5.41) is 8.21. The molecule has 1 aliphatic heterocycles. The third-order valence-corrected chi connectivity index (χ3v) is 7.42. The molecule has 182 valence electrons. The Labute approximate surface area is 202 Å². The van der Waals surface area contributed by atoms with E-state index >= 15 is 0 Å². The molecule has 0 atom stereocenters. The summed E-state index contributed by atoms with van der Waals surface area (Å²) in [5.74, 6) is -1.09. The second-order valence-electron chi connectivity index (χ2n) is 7.66. The van der Waals surface area contributed by atoms with Crippen molar-refractivity contribution >= 4 is 39.4 Å². The molecule has 0 spiro atoms. The van der Waals surface area contributed by atoms with Crippen molar-refractivity contribution in [2.45, 2.75) is 24.3 Å². The number of methoxy groups -OCH3 is 1. The molecule has 0 saturated carbocycles. The molecular formula is C22H25ClFN5O4S. The van der Waals surface area contributed by atoms with Gasteiger partial charge in [-0.2, -0.15) is 4.31 Å². The number of halogens is 2. The van der Waals surface area contributed by atoms with Crippen LogP contribution in [0.1, 0.15) is 23.2 Å². The Morgan fingerprint density at radius 2 is 1.97 bits per heavy atom. The summed E-state index contributed by atoms with van der Waals surface area (Å²) in [4.78, 5) is 12.5. The second-order valence-corrected chi connectivity index (χ2v) is 9.59. The first kappa shape index (κ1) is 25.8. The lowest BCUT2D eigenvalue weighted by Gasteiger charge is -2.16. The number of rotatable bonds is 7. The van der Waals surface area contributed by atoms with Crippen LogP contribution in [0.3, 0.4) is 0 Å². The number of hydrogen-bond donors (Lipinski definition) is 1. The summed E-state index contributed by atoms with van der Waals surface area (Å²) in [6.07, 6.45) is 2.89. The first-order valence-electron chi connectivity index (χ1n) is 10.5. The lowest BCUT2D eigenvalue weighted by molar-refractivity contribution is 0.0601. The fourth-order valence-corrected chi connectivity index (χ4v) is 5.44. The minimum absolute atomic E-state index is 0. The lowest BCUT2D eigenvalue weighted by atomic mass is 10.0. The van der Waals surface area contributed by atoms with E-state index in [1.807, 2.05) is 0 Å². The van der Waals surface area contributed by atoms with Gasteiger partial charge in [-0.05, 0) is 48.7 Å². The van der Waals surface area contributed by atoms with E-state index in [2.05, 4.69) is 10.3 Å². The summed E-state index contributed by atoms with van der Waals surface area (Å²) >= 11 is 0. The van der Waals surface area contributed by atoms with E-state index in [0.29, 0.717) is 35.2 Å². The minimum Gasteiger partial charge on any atom is -0.465 e. The van der Waals surface area contributed by atoms with Crippen LogP contribution in [0.2, 0.25) is 0 Å². The SMILES string of the molecule is COC(=O)c1cc(-c2cccc(S(=O)(=O)N3CCCC3)c2)c2nnn(C/C(F)=C/CN)c2c1.Cl. The van der Waals surface area contributed by atoms with E-state index in [1.165, 1.54) is 28.2 Å². The predicted molar refractivity (Wildman–Crippen MR) is 128 cm³/mol. The Kier molecular flexibility index (Phi) is 8.03. The van der Waals surface area contributed by atoms with E-state index in [-0.39, 0.29) is 36.0 Å². The summed E-state index contributed by atoms with van der Waals surface area (Å²) in [6.45, 7) is 0.812. The number of benzene rings is 2. The number of nitrogens with zero attached hydrogens (tertiary/aromatic N) is 4. The van der Waals surface area contributed by atoms with Crippen LogP contribution < -0.4 is 5.73 Å². The number of esters is 1. The summed E-state index contributed by atoms with van der Waals surface area (Å²) < 4.78 is 47.9. The van der Waals surface area contributed by atoms with Crippen LogP contribution in [0, 0.1) is 0 Å². The van der Waals surface area contributed by atoms with Crippen molar-refractivity contribution in [3.63, 3.8) is 0 Å². The largest absolute Gasteiger partial charge is 0.465 e. The van der Waals surface area contributed by atoms with Gasteiger partial charge in [0.25, 0.3) is 0 Å². The van der Waals surface area contributed by atoms with Crippen molar-refractivity contribution in [2.24, 2.45) is 5.73 Å². The molecule has 9 nitrogen and oxygen atoms in total. The van der Waals surface area contributed by atoms with Crippen molar-refractivity contribution in [1.29, 1.82) is 0 Å². The Hall–Kier alpha value is -2.86. The molecule has 2 N–H and O–H groups in total. The quantitative estimate of drug-likeness (QED) is 0.486. The molecule has 0 unspecified atom stereocenters. The van der Waals surface area contributed by atoms with Crippen molar-refractivity contribution in [3.05, 3.63) is 53.9 Å². The van der Waals surface area contributed by atoms with Crippen LogP contribution in [0.5, 0.6) is 0 Å². The topological polar surface area (TPSA) is 120 Å². The standard InChI is InChI=1S/C22H24FN5O4S.ClH/c1-32-22(29)16-12-19(21-20(13-16)28(26-25-21)14-17(23)7-8-24)15-5-4-6-18(11-15)33(30,31)27-9-2-3-10-27;/h4-7,11-13H,2-3,8-10,14,24H2,1H3;1H/b17-7-;. The molecule has 0 bridgehead atoms. The fraction of sp³-hybridized carbons (Fsp3) is 0.318. The molecular weight excluding hydrogens is 485 g/mol. The van der Waals surface area contributed by atoms with Gasteiger partial charge in [0.05, 0.1) is 29.6 Å². The van der Waals surface area contributed by atoms with Crippen molar-refractivity contribution in [3.8, 4) is 11.1 Å². The molecule has 34 heavy (non-hydrogen) atoms. The van der Waals surface area contributed by atoms with E-state index < -0.39 is 21.8 Å². The number of carbonyl (C=O) groups excluding carboxylic acids is 1. The molecule has 1 aromatic heterocycles. The average molecular weight is 510 g/mol. The van der Waals surface area contributed by atoms with Gasteiger partial charge in [-0.15, -0.1) is 17.5 Å². The predicted octanol–water partition coefficient (Wildman–Crippen LogP) is 2.90. The van der Waals surface area contributed by atoms with Gasteiger partial charge in [0.1, 0.15) is 11.3 Å². The molecule has 0 aliphatic carbocycles. The van der Waals surface area contributed by atoms with E-state index in [0.717, 1.165) is 12.8 Å². The molecule has 0 amide bonds. The molecule has 4 rings (SSSR count). The fourth-order valence-electron chi connectivity index (χ4n) is 3.88. The van der Waals surface area contributed by atoms with Gasteiger partial charge >= 0.3 is 5.97 Å². The number of fused-ring (bicyclic) bond motifs is 1. The molecule has 12 heteroatoms. The highest BCUT2D eigenvalue weighted by atomic mass is 35.5. The highest BCUT2D eigenvalue weighted by Gasteiger charge is 2.27. The Bertz CT molecular complexity index is 1340. The van der Waals surface area contributed by atoms with Gasteiger partial charge in [0, 0.05) is 25.2 Å². The minimum atomic E-state index is -3.64. The van der Waals surface area contributed by atoms with Crippen LogP contribution in [0.15, 0.2) is 53.2 Å². The van der Waals surface area contributed by atoms with E-state index in [4.69, 9.17) is 10.5 Å². The average Bonchev–Trinajstić information content (AvgIpc) is 3.49. The maximum atomic E-state index is 14.1. The molecule has 3 aromatic rings. The smallest absolute Gasteiger partial charge is 0.337 e. The van der Waals surface area contributed by atoms with Crippen LogP contribution in [0.4, 0.5) is 4.39 Å². The van der Waals surface area contributed by atoms with E-state index in [1.54, 1.807) is 30.3 Å². The molecule has 2 aromatic carbocycles. The van der Waals surface area contributed by atoms with Gasteiger partial charge in [0.2, 0.25) is 10.0 Å². The van der Waals surface area contributed by atoms with Gasteiger partial charge in [0.15, 0.2) is 0 Å². The number of sulfonamides is 1. The summed E-state index contributed by atoms with van der Waals surface area (Å²) in [5.41, 5.74) is 7.41. The normalized spacial score (nSPS) is 14.9. The zero-order valence-electron chi connectivity index (χ0n) is 18.5. The first-order chi connectivity index (χ1) is 15.8. The zero-order valence-corrected chi connectivity index (χ0v) is 20.1. The monoisotopic (exact) mass is 509 g/mol. The van der Waals surface area contributed by atoms with Crippen LogP contribution >= 0.6 is 12.4 Å². The van der Waals surface area contributed by atoms with Crippen molar-refractivity contribution < 1.29 is 22.3 Å². The van der Waals surface area contributed by atoms with Gasteiger partial charge in [-0.1, -0.05) is 17.3 Å². The van der Waals surface area contributed by atoms with Crippen LogP contribution in [0.25, 0.3) is 22.2 Å². The molecule has 1 aliphatic rings. The Morgan fingerprint density at radius 3 is 2.65 bits per heavy atom. The number of allylic oxidation sites excluding steroid dienone is 1. The maximum absolute atomic E-state index is 14.1. The van der Waals surface area contributed by atoms with Crippen molar-refractivity contribution in [1.82, 2.24) is 19.3 Å². The number of ether oxygens (including phenoxy) is 1. The summed E-state index contributed by atoms with van der Waals surface area (Å²) in [7, 11) is -2.38. The zero-order chi connectivity index (χ0) is 23.6. The highest BCUT2D eigenvalue weighted by Crippen LogP contribution is 2.32. The third kappa shape index (κ3) is 4.97. The van der Waals surface area contributed by atoms with Gasteiger partial charge < -0.3 is 10.5 Å². The molecule has 1 saturated heterocycles. The molecule has 2 heterocycles. The Morgan fingerprint density at radius 1 is 1.24 bits per heavy atom. The Balaban J connectivity index is 0.00000324. The van der Waals surface area contributed by atoms with E-state index in [9.17, 15) is 17.6 Å². The molecule has 1 fully saturated rings. The number of nitrogens with two attached hydrogens (primary N) is 1. The number of aromatic nitrogens is 3. The summed E-state index contributed by atoms with van der Waals surface area (Å²) in [6, 6.07) is 9.56. The number of carbonyl (C=O) groups is 1. The van der Waals surface area contributed by atoms with Crippen LogP contribution in [-0.4, -0.2) is 60.4 Å². The van der Waals surface area contributed by atoms with Crippen molar-refractivity contribution in [2.75, 3.05) is 26.7 Å². The van der Waals surface area contributed by atoms with Crippen LogP contribution in [-0.2, 0) is 21.3 Å². The highest BCUT2D eigenvalue weighted by molar-refractivity contribution is 7.89. The van der Waals surface area contributed by atoms with Gasteiger partial charge in [-0.25, -0.2) is 22.3 Å². The first-order valence-corrected chi connectivity index (χ1v) is 11.9. The molecule has 0 radical (unpaired) electrons.